The van der Waals surface area contributed by atoms with Crippen LogP contribution in [0.4, 0.5) is 5.69 Å². The number of nitrogen functional groups attached to an aromatic ring is 1. The van der Waals surface area contributed by atoms with Gasteiger partial charge in [0, 0.05) is 18.2 Å². The third kappa shape index (κ3) is 3.31. The van der Waals surface area contributed by atoms with Crippen molar-refractivity contribution in [2.24, 2.45) is 5.92 Å². The Morgan fingerprint density at radius 2 is 1.90 bits per heavy atom. The Morgan fingerprint density at radius 3 is 2.52 bits per heavy atom. The maximum Gasteiger partial charge on any atom is 0.254 e. The number of phenols is 1. The minimum atomic E-state index is -0.00531. The van der Waals surface area contributed by atoms with Gasteiger partial charge in [0.2, 0.25) is 0 Å². The lowest BCUT2D eigenvalue weighted by atomic mass is 9.88. The standard InChI is InChI=1S/C17H24N2O2/c18-15-9-6-13(10-16(15)20)17(21)19(14-7-8-14)11-12-4-2-1-3-5-12/h6,9-10,12,14,20H,1-5,7-8,11,18H2. The fourth-order valence-corrected chi connectivity index (χ4v) is 3.27. The molecule has 3 N–H and O–H groups in total. The number of hydrogen-bond acceptors (Lipinski definition) is 3. The monoisotopic (exact) mass is 288 g/mol. The van der Waals surface area contributed by atoms with Crippen LogP contribution in [0.25, 0.3) is 0 Å². The number of anilines is 1. The van der Waals surface area contributed by atoms with Crippen LogP contribution in [-0.2, 0) is 0 Å². The van der Waals surface area contributed by atoms with E-state index in [9.17, 15) is 9.90 Å². The molecule has 3 rings (SSSR count). The molecular formula is C17H24N2O2. The molecule has 0 spiro atoms. The minimum Gasteiger partial charge on any atom is -0.506 e. The third-order valence-corrected chi connectivity index (χ3v) is 4.71. The molecule has 0 unspecified atom stereocenters. The predicted molar refractivity (Wildman–Crippen MR) is 83.2 cm³/mol. The Hall–Kier alpha value is -1.71. The molecule has 21 heavy (non-hydrogen) atoms. The molecular weight excluding hydrogens is 264 g/mol. The van der Waals surface area contributed by atoms with Gasteiger partial charge in [-0.3, -0.25) is 4.79 Å². The second-order valence-electron chi connectivity index (χ2n) is 6.47. The molecule has 2 fully saturated rings. The zero-order valence-corrected chi connectivity index (χ0v) is 12.4. The summed E-state index contributed by atoms with van der Waals surface area (Å²) in [7, 11) is 0. The molecule has 1 aromatic rings. The summed E-state index contributed by atoms with van der Waals surface area (Å²) in [5.74, 6) is 0.679. The molecule has 4 nitrogen and oxygen atoms in total. The van der Waals surface area contributed by atoms with E-state index in [1.165, 1.54) is 38.2 Å². The van der Waals surface area contributed by atoms with Gasteiger partial charge in [-0.1, -0.05) is 19.3 Å². The van der Waals surface area contributed by atoms with E-state index in [4.69, 9.17) is 5.73 Å². The first-order chi connectivity index (χ1) is 10.1. The SMILES string of the molecule is Nc1ccc(C(=O)N(CC2CCCCC2)C2CC2)cc1O. The van der Waals surface area contributed by atoms with E-state index in [0.29, 0.717) is 23.2 Å². The maximum atomic E-state index is 12.7. The summed E-state index contributed by atoms with van der Waals surface area (Å²) in [5.41, 5.74) is 6.47. The molecule has 0 heterocycles. The van der Waals surface area contributed by atoms with Crippen molar-refractivity contribution >= 4 is 11.6 Å². The van der Waals surface area contributed by atoms with Crippen molar-refractivity contribution in [2.75, 3.05) is 12.3 Å². The van der Waals surface area contributed by atoms with E-state index >= 15 is 0 Å². The summed E-state index contributed by atoms with van der Waals surface area (Å²) >= 11 is 0. The van der Waals surface area contributed by atoms with Gasteiger partial charge in [-0.25, -0.2) is 0 Å². The smallest absolute Gasteiger partial charge is 0.254 e. The zero-order chi connectivity index (χ0) is 14.8. The predicted octanol–water partition coefficient (Wildman–Crippen LogP) is 3.16. The summed E-state index contributed by atoms with van der Waals surface area (Å²) in [5, 5.41) is 9.71. The Bertz CT molecular complexity index is 520. The Kier molecular flexibility index (Phi) is 4.04. The number of amides is 1. The van der Waals surface area contributed by atoms with Crippen LogP contribution in [0, 0.1) is 5.92 Å². The molecule has 2 aliphatic rings. The van der Waals surface area contributed by atoms with Crippen molar-refractivity contribution < 1.29 is 9.90 Å². The van der Waals surface area contributed by atoms with Crippen LogP contribution in [0.15, 0.2) is 18.2 Å². The Balaban J connectivity index is 1.73. The van der Waals surface area contributed by atoms with E-state index in [2.05, 4.69) is 0 Å². The van der Waals surface area contributed by atoms with Gasteiger partial charge in [0.1, 0.15) is 5.75 Å². The second-order valence-corrected chi connectivity index (χ2v) is 6.47. The lowest BCUT2D eigenvalue weighted by Crippen LogP contribution is -2.37. The Morgan fingerprint density at radius 1 is 1.19 bits per heavy atom. The first-order valence-corrected chi connectivity index (χ1v) is 8.04. The summed E-state index contributed by atoms with van der Waals surface area (Å²) < 4.78 is 0. The molecule has 0 aliphatic heterocycles. The number of phenolic OH excluding ortho intramolecular Hbond substituents is 1. The van der Waals surface area contributed by atoms with Gasteiger partial charge in [-0.2, -0.15) is 0 Å². The van der Waals surface area contributed by atoms with Crippen LogP contribution in [0.3, 0.4) is 0 Å². The number of aromatic hydroxyl groups is 1. The highest BCUT2D eigenvalue weighted by molar-refractivity contribution is 5.95. The first-order valence-electron chi connectivity index (χ1n) is 8.04. The maximum absolute atomic E-state index is 12.7. The van der Waals surface area contributed by atoms with Crippen molar-refractivity contribution in [2.45, 2.75) is 51.0 Å². The van der Waals surface area contributed by atoms with Gasteiger partial charge in [0.25, 0.3) is 5.91 Å². The van der Waals surface area contributed by atoms with Crippen molar-refractivity contribution in [3.63, 3.8) is 0 Å². The summed E-state index contributed by atoms with van der Waals surface area (Å²) in [4.78, 5) is 14.8. The number of carbonyl (C=O) groups is 1. The van der Waals surface area contributed by atoms with Crippen molar-refractivity contribution in [3.05, 3.63) is 23.8 Å². The highest BCUT2D eigenvalue weighted by Gasteiger charge is 2.34. The molecule has 114 valence electrons. The third-order valence-electron chi connectivity index (χ3n) is 4.71. The molecule has 0 aromatic heterocycles. The molecule has 0 bridgehead atoms. The van der Waals surface area contributed by atoms with E-state index < -0.39 is 0 Å². The summed E-state index contributed by atoms with van der Waals surface area (Å²) in [6.07, 6.45) is 8.62. The average molecular weight is 288 g/mol. The number of nitrogens with two attached hydrogens (primary N) is 1. The number of carbonyl (C=O) groups excluding carboxylic acids is 1. The lowest BCUT2D eigenvalue weighted by Gasteiger charge is -2.30. The number of hydrogen-bond donors (Lipinski definition) is 2. The van der Waals surface area contributed by atoms with E-state index in [0.717, 1.165) is 19.4 Å². The van der Waals surface area contributed by atoms with Crippen LogP contribution in [-0.4, -0.2) is 28.5 Å². The molecule has 2 saturated carbocycles. The fourth-order valence-electron chi connectivity index (χ4n) is 3.27. The van der Waals surface area contributed by atoms with Crippen LogP contribution >= 0.6 is 0 Å². The van der Waals surface area contributed by atoms with Gasteiger partial charge >= 0.3 is 0 Å². The van der Waals surface area contributed by atoms with Gasteiger partial charge in [-0.15, -0.1) is 0 Å². The molecule has 0 atom stereocenters. The quantitative estimate of drug-likeness (QED) is 0.660. The highest BCUT2D eigenvalue weighted by atomic mass is 16.3. The normalized spacial score (nSPS) is 19.4. The second kappa shape index (κ2) is 5.96. The van der Waals surface area contributed by atoms with Crippen LogP contribution in [0.1, 0.15) is 55.3 Å². The molecule has 1 amide bonds. The minimum absolute atomic E-state index is 0.00531. The Labute approximate surface area is 125 Å². The van der Waals surface area contributed by atoms with Gasteiger partial charge in [-0.05, 0) is 49.8 Å². The number of nitrogens with zero attached hydrogens (tertiary/aromatic N) is 1. The van der Waals surface area contributed by atoms with Gasteiger partial charge < -0.3 is 15.7 Å². The van der Waals surface area contributed by atoms with Gasteiger partial charge in [0.15, 0.2) is 0 Å². The molecule has 2 aliphatic carbocycles. The van der Waals surface area contributed by atoms with E-state index in [1.807, 2.05) is 4.90 Å². The lowest BCUT2D eigenvalue weighted by molar-refractivity contribution is 0.0698. The average Bonchev–Trinajstić information content (AvgIpc) is 3.33. The fraction of sp³-hybridized carbons (Fsp3) is 0.588. The molecule has 4 heteroatoms. The number of benzene rings is 1. The largest absolute Gasteiger partial charge is 0.506 e. The molecule has 0 radical (unpaired) electrons. The van der Waals surface area contributed by atoms with Crippen LogP contribution < -0.4 is 5.73 Å². The summed E-state index contributed by atoms with van der Waals surface area (Å²) in [6, 6.07) is 5.22. The first kappa shape index (κ1) is 14.2. The van der Waals surface area contributed by atoms with Crippen molar-refractivity contribution in [3.8, 4) is 5.75 Å². The van der Waals surface area contributed by atoms with Crippen LogP contribution in [0.5, 0.6) is 5.75 Å². The van der Waals surface area contributed by atoms with Crippen molar-refractivity contribution in [1.29, 1.82) is 0 Å². The zero-order valence-electron chi connectivity index (χ0n) is 12.4. The van der Waals surface area contributed by atoms with Gasteiger partial charge in [0.05, 0.1) is 5.69 Å². The van der Waals surface area contributed by atoms with E-state index in [-0.39, 0.29) is 11.7 Å². The van der Waals surface area contributed by atoms with Crippen LogP contribution in [0.2, 0.25) is 0 Å². The molecule has 0 saturated heterocycles. The topological polar surface area (TPSA) is 66.6 Å². The number of rotatable bonds is 4. The summed E-state index contributed by atoms with van der Waals surface area (Å²) in [6.45, 7) is 0.870. The molecule has 1 aromatic carbocycles. The highest BCUT2D eigenvalue weighted by Crippen LogP contribution is 2.33. The van der Waals surface area contributed by atoms with Crippen molar-refractivity contribution in [1.82, 2.24) is 4.90 Å². The van der Waals surface area contributed by atoms with E-state index in [1.54, 1.807) is 12.1 Å².